The maximum absolute atomic E-state index is 13.9. The van der Waals surface area contributed by atoms with Crippen molar-refractivity contribution in [1.29, 1.82) is 0 Å². The van der Waals surface area contributed by atoms with E-state index in [2.05, 4.69) is 0 Å². The Labute approximate surface area is 367 Å². The quantitative estimate of drug-likeness (QED) is 0.242. The summed E-state index contributed by atoms with van der Waals surface area (Å²) in [4.78, 5) is 76.4. The van der Waals surface area contributed by atoms with E-state index in [-0.39, 0.29) is 52.5 Å². The van der Waals surface area contributed by atoms with Crippen molar-refractivity contribution in [1.82, 2.24) is 24.5 Å². The van der Waals surface area contributed by atoms with E-state index in [0.717, 1.165) is 11.1 Å². The van der Waals surface area contributed by atoms with Crippen molar-refractivity contribution < 1.29 is 52.8 Å². The van der Waals surface area contributed by atoms with Gasteiger partial charge in [0.05, 0.1) is 25.7 Å². The first kappa shape index (κ1) is 50.0. The Kier molecular flexibility index (Phi) is 18.3. The van der Waals surface area contributed by atoms with E-state index in [4.69, 9.17) is 23.7 Å². The van der Waals surface area contributed by atoms with E-state index in [1.54, 1.807) is 41.5 Å². The SMILES string of the molecule is CC(C)(C)OC(=O)CN1CCN(CC(=O)OC(C)(C)C)CCN([C@@H]2CN(C(=O)OCc3ccccc3)[C@H](C(=O)OCc3ccccc3)[C@H]2O)CCN(CC(=O)OC(C)(C)C)CC1. The number of aliphatic hydroxyl groups is 1. The topological polar surface area (TPSA) is 168 Å². The Morgan fingerprint density at radius 3 is 1.27 bits per heavy atom. The molecule has 16 nitrogen and oxygen atoms in total. The Hall–Kier alpha value is -4.61. The van der Waals surface area contributed by atoms with Gasteiger partial charge in [0, 0.05) is 58.9 Å². The Morgan fingerprint density at radius 1 is 0.548 bits per heavy atom. The average Bonchev–Trinajstić information content (AvgIpc) is 3.51. The first-order chi connectivity index (χ1) is 29.0. The fourth-order valence-corrected chi connectivity index (χ4v) is 7.25. The summed E-state index contributed by atoms with van der Waals surface area (Å²) >= 11 is 0. The number of nitrogens with zero attached hydrogens (tertiary/aromatic N) is 5. The lowest BCUT2D eigenvalue weighted by molar-refractivity contribution is -0.158. The van der Waals surface area contributed by atoms with Gasteiger partial charge < -0.3 is 28.8 Å². The number of likely N-dealkylation sites (tertiary alicyclic amines) is 1. The summed E-state index contributed by atoms with van der Waals surface area (Å²) in [6, 6.07) is 16.1. The number of carbonyl (C=O) groups excluding carboxylic acids is 5. The first-order valence-electron chi connectivity index (χ1n) is 21.5. The molecule has 0 aliphatic carbocycles. The van der Waals surface area contributed by atoms with Gasteiger partial charge in [-0.3, -0.25) is 38.9 Å². The van der Waals surface area contributed by atoms with Crippen LogP contribution in [-0.4, -0.2) is 173 Å². The lowest BCUT2D eigenvalue weighted by Crippen LogP contribution is -2.53. The monoisotopic (exact) mass is 867 g/mol. The highest BCUT2D eigenvalue weighted by molar-refractivity contribution is 5.83. The zero-order chi connectivity index (χ0) is 45.7. The molecule has 2 aromatic rings. The lowest BCUT2D eigenvalue weighted by atomic mass is 10.1. The summed E-state index contributed by atoms with van der Waals surface area (Å²) in [6.07, 6.45) is -2.17. The molecule has 2 aromatic carbocycles. The number of benzene rings is 2. The van der Waals surface area contributed by atoms with E-state index >= 15 is 0 Å². The summed E-state index contributed by atoms with van der Waals surface area (Å²) in [5.41, 5.74) is -0.622. The largest absolute Gasteiger partial charge is 0.459 e. The minimum atomic E-state index is -1.39. The minimum absolute atomic E-state index is 0.00379. The number of ether oxygens (including phenoxy) is 5. The van der Waals surface area contributed by atoms with Crippen molar-refractivity contribution in [2.24, 2.45) is 0 Å². The third-order valence-corrected chi connectivity index (χ3v) is 10.0. The van der Waals surface area contributed by atoms with Crippen molar-refractivity contribution in [3.63, 3.8) is 0 Å². The molecule has 0 aromatic heterocycles. The summed E-state index contributed by atoms with van der Waals surface area (Å²) < 4.78 is 28.5. The van der Waals surface area contributed by atoms with Crippen LogP contribution in [0, 0.1) is 0 Å². The van der Waals surface area contributed by atoms with Crippen LogP contribution in [0.2, 0.25) is 0 Å². The average molecular weight is 868 g/mol. The van der Waals surface area contributed by atoms with Gasteiger partial charge in [-0.05, 0) is 73.4 Å². The first-order valence-corrected chi connectivity index (χ1v) is 21.5. The smallest absolute Gasteiger partial charge is 0.410 e. The van der Waals surface area contributed by atoms with Gasteiger partial charge in [0.15, 0.2) is 6.04 Å². The summed E-state index contributed by atoms with van der Waals surface area (Å²) in [5.74, 6) is -2.02. The second-order valence-corrected chi connectivity index (χ2v) is 18.9. The number of esters is 4. The predicted molar refractivity (Wildman–Crippen MR) is 232 cm³/mol. The molecule has 344 valence electrons. The van der Waals surface area contributed by atoms with Gasteiger partial charge in [-0.25, -0.2) is 9.59 Å². The molecule has 3 atom stereocenters. The number of hydrogen-bond acceptors (Lipinski definition) is 15. The molecule has 0 saturated carbocycles. The van der Waals surface area contributed by atoms with Crippen molar-refractivity contribution in [2.45, 2.75) is 111 Å². The number of rotatable bonds is 12. The van der Waals surface area contributed by atoms with E-state index in [0.29, 0.717) is 39.3 Å². The molecule has 0 unspecified atom stereocenters. The molecule has 4 rings (SSSR count). The summed E-state index contributed by atoms with van der Waals surface area (Å²) in [6.45, 7) is 18.6. The molecule has 0 bridgehead atoms. The highest BCUT2D eigenvalue weighted by Gasteiger charge is 2.51. The maximum Gasteiger partial charge on any atom is 0.410 e. The number of carbonyl (C=O) groups is 5. The molecule has 0 spiro atoms. The highest BCUT2D eigenvalue weighted by Crippen LogP contribution is 2.27. The summed E-state index contributed by atoms with van der Waals surface area (Å²) in [5, 5.41) is 12.1. The van der Waals surface area contributed by atoms with Crippen LogP contribution in [0.25, 0.3) is 0 Å². The molecule has 16 heteroatoms. The number of amides is 1. The second-order valence-electron chi connectivity index (χ2n) is 18.9. The molecule has 0 radical (unpaired) electrons. The van der Waals surface area contributed by atoms with Crippen molar-refractivity contribution in [3.05, 3.63) is 71.8 Å². The van der Waals surface area contributed by atoms with Crippen LogP contribution in [0.3, 0.4) is 0 Å². The lowest BCUT2D eigenvalue weighted by Gasteiger charge is -2.37. The predicted octanol–water partition coefficient (Wildman–Crippen LogP) is 3.73. The number of aliphatic hydroxyl groups excluding tert-OH is 1. The van der Waals surface area contributed by atoms with Crippen LogP contribution in [0.1, 0.15) is 73.4 Å². The van der Waals surface area contributed by atoms with Crippen LogP contribution >= 0.6 is 0 Å². The van der Waals surface area contributed by atoms with Crippen LogP contribution in [-0.2, 0) is 56.1 Å². The molecule has 62 heavy (non-hydrogen) atoms. The van der Waals surface area contributed by atoms with Crippen LogP contribution in [0.4, 0.5) is 4.79 Å². The van der Waals surface area contributed by atoms with Gasteiger partial charge in [0.2, 0.25) is 0 Å². The fourth-order valence-electron chi connectivity index (χ4n) is 7.25. The molecule has 1 N–H and O–H groups in total. The van der Waals surface area contributed by atoms with Gasteiger partial charge in [0.1, 0.15) is 36.1 Å². The van der Waals surface area contributed by atoms with Crippen LogP contribution < -0.4 is 0 Å². The fraction of sp³-hybridized carbons (Fsp3) is 0.630. The molecule has 1 amide bonds. The van der Waals surface area contributed by atoms with Gasteiger partial charge in [-0.15, -0.1) is 0 Å². The van der Waals surface area contributed by atoms with E-state index in [1.165, 1.54) is 4.90 Å². The molecular formula is C46H69N5O11. The van der Waals surface area contributed by atoms with E-state index in [1.807, 2.05) is 101 Å². The Morgan fingerprint density at radius 2 is 0.903 bits per heavy atom. The summed E-state index contributed by atoms with van der Waals surface area (Å²) in [7, 11) is 0. The van der Waals surface area contributed by atoms with Crippen LogP contribution in [0.5, 0.6) is 0 Å². The minimum Gasteiger partial charge on any atom is -0.459 e. The molecule has 2 fully saturated rings. The maximum atomic E-state index is 13.9. The van der Waals surface area contributed by atoms with Crippen LogP contribution in [0.15, 0.2) is 60.7 Å². The van der Waals surface area contributed by atoms with Gasteiger partial charge in [-0.2, -0.15) is 0 Å². The van der Waals surface area contributed by atoms with Gasteiger partial charge in [-0.1, -0.05) is 60.7 Å². The van der Waals surface area contributed by atoms with Gasteiger partial charge in [0.25, 0.3) is 0 Å². The molecular weight excluding hydrogens is 799 g/mol. The Bertz CT molecular complexity index is 1710. The molecule has 2 heterocycles. The molecule has 2 aliphatic heterocycles. The van der Waals surface area contributed by atoms with E-state index in [9.17, 15) is 29.1 Å². The third kappa shape index (κ3) is 17.6. The second kappa shape index (κ2) is 22.7. The van der Waals surface area contributed by atoms with Gasteiger partial charge >= 0.3 is 30.0 Å². The normalized spacial score (nSPS) is 20.7. The highest BCUT2D eigenvalue weighted by atomic mass is 16.6. The van der Waals surface area contributed by atoms with E-state index < -0.39 is 65.0 Å². The molecule has 2 saturated heterocycles. The third-order valence-electron chi connectivity index (χ3n) is 10.0. The standard InChI is InChI=1S/C46H69N5O11/c1-44(2,3)60-37(52)29-47-20-22-48(30-38(53)61-45(4,5)6)24-26-50(27-25-49(23-21-47)31-39(54)62-46(7,8)9)36-28-51(43(57)59-33-35-18-14-11-15-19-35)40(41(36)55)42(56)58-32-34-16-12-10-13-17-34/h10-19,36,40-41,55H,20-33H2,1-9H3/t36-,40+,41+/m1/s1. The Balaban J connectivity index is 1.65. The van der Waals surface area contributed by atoms with Crippen molar-refractivity contribution in [3.8, 4) is 0 Å². The number of hydrogen-bond donors (Lipinski definition) is 1. The zero-order valence-electron chi connectivity index (χ0n) is 38.2. The van der Waals surface area contributed by atoms with Crippen molar-refractivity contribution >= 4 is 30.0 Å². The molecule has 2 aliphatic rings. The zero-order valence-corrected chi connectivity index (χ0v) is 38.2. The van der Waals surface area contributed by atoms with Crippen molar-refractivity contribution in [2.75, 3.05) is 78.5 Å².